The van der Waals surface area contributed by atoms with E-state index < -0.39 is 0 Å². The van der Waals surface area contributed by atoms with Crippen molar-refractivity contribution in [3.63, 3.8) is 0 Å². The predicted molar refractivity (Wildman–Crippen MR) is 69.6 cm³/mol. The molecule has 0 aliphatic carbocycles. The maximum absolute atomic E-state index is 11.7. The van der Waals surface area contributed by atoms with Gasteiger partial charge in [0.25, 0.3) is 0 Å². The van der Waals surface area contributed by atoms with Crippen LogP contribution in [0.3, 0.4) is 0 Å². The van der Waals surface area contributed by atoms with E-state index in [2.05, 4.69) is 17.3 Å². The van der Waals surface area contributed by atoms with Crippen LogP contribution in [0.1, 0.15) is 17.3 Å². The summed E-state index contributed by atoms with van der Waals surface area (Å²) in [6, 6.07) is 5.54. The average molecular weight is 247 g/mol. The Labute approximate surface area is 106 Å². The Morgan fingerprint density at radius 2 is 2.33 bits per heavy atom. The maximum Gasteiger partial charge on any atom is 0.340 e. The van der Waals surface area contributed by atoms with Gasteiger partial charge in [0.2, 0.25) is 0 Å². The number of ether oxygens (including phenoxy) is 1. The van der Waals surface area contributed by atoms with Gasteiger partial charge in [-0.3, -0.25) is 4.68 Å². The first-order valence-corrected chi connectivity index (χ1v) is 6.01. The molecule has 5 heteroatoms. The standard InChI is InChI=1S/C13H17N3O2/c1-3-14-7-8-16-12-10(9-15-16)5-4-6-11(12)13(17)18-2/h4-6,9,14H,3,7-8H2,1-2H3. The molecule has 2 rings (SSSR count). The third-order valence-corrected chi connectivity index (χ3v) is 2.82. The SMILES string of the molecule is CCNCCn1ncc2cccc(C(=O)OC)c21. The van der Waals surface area contributed by atoms with Crippen molar-refractivity contribution in [1.29, 1.82) is 0 Å². The fraction of sp³-hybridized carbons (Fsp3) is 0.385. The zero-order valence-corrected chi connectivity index (χ0v) is 10.6. The minimum absolute atomic E-state index is 0.328. The Balaban J connectivity index is 2.39. The highest BCUT2D eigenvalue weighted by atomic mass is 16.5. The first kappa shape index (κ1) is 12.6. The lowest BCUT2D eigenvalue weighted by atomic mass is 10.1. The normalized spacial score (nSPS) is 10.8. The number of para-hydroxylation sites is 1. The molecule has 0 fully saturated rings. The number of rotatable bonds is 5. The van der Waals surface area contributed by atoms with Gasteiger partial charge in [-0.2, -0.15) is 5.10 Å². The van der Waals surface area contributed by atoms with E-state index in [0.29, 0.717) is 5.56 Å². The summed E-state index contributed by atoms with van der Waals surface area (Å²) < 4.78 is 6.64. The molecule has 18 heavy (non-hydrogen) atoms. The Bertz CT molecular complexity index is 548. The highest BCUT2D eigenvalue weighted by Crippen LogP contribution is 2.19. The molecule has 0 aliphatic heterocycles. The van der Waals surface area contributed by atoms with Crippen LogP contribution < -0.4 is 5.32 Å². The molecule has 1 aromatic carbocycles. The van der Waals surface area contributed by atoms with Crippen molar-refractivity contribution in [2.75, 3.05) is 20.2 Å². The highest BCUT2D eigenvalue weighted by molar-refractivity contribution is 6.02. The third kappa shape index (κ3) is 2.36. The van der Waals surface area contributed by atoms with Gasteiger partial charge in [-0.25, -0.2) is 4.79 Å². The summed E-state index contributed by atoms with van der Waals surface area (Å²) in [5.41, 5.74) is 1.39. The summed E-state index contributed by atoms with van der Waals surface area (Å²) in [7, 11) is 1.39. The van der Waals surface area contributed by atoms with Gasteiger partial charge >= 0.3 is 5.97 Å². The van der Waals surface area contributed by atoms with Gasteiger partial charge in [-0.1, -0.05) is 19.1 Å². The molecule has 2 aromatic rings. The van der Waals surface area contributed by atoms with Gasteiger partial charge in [0.15, 0.2) is 0 Å². The summed E-state index contributed by atoms with van der Waals surface area (Å²) in [5.74, 6) is -0.328. The Kier molecular flexibility index (Phi) is 3.94. The van der Waals surface area contributed by atoms with Crippen LogP contribution >= 0.6 is 0 Å². The molecule has 1 aromatic heterocycles. The van der Waals surface area contributed by atoms with Crippen molar-refractivity contribution in [1.82, 2.24) is 15.1 Å². The first-order chi connectivity index (χ1) is 8.77. The molecule has 96 valence electrons. The van der Waals surface area contributed by atoms with Crippen LogP contribution in [0.25, 0.3) is 10.9 Å². The minimum atomic E-state index is -0.328. The number of hydrogen-bond donors (Lipinski definition) is 1. The number of methoxy groups -OCH3 is 1. The number of nitrogens with zero attached hydrogens (tertiary/aromatic N) is 2. The second-order valence-electron chi connectivity index (χ2n) is 3.96. The molecular formula is C13H17N3O2. The molecule has 0 radical (unpaired) electrons. The second-order valence-corrected chi connectivity index (χ2v) is 3.96. The van der Waals surface area contributed by atoms with Gasteiger partial charge in [0.1, 0.15) is 0 Å². The maximum atomic E-state index is 11.7. The Morgan fingerprint density at radius 3 is 3.06 bits per heavy atom. The van der Waals surface area contributed by atoms with Crippen LogP contribution in [0, 0.1) is 0 Å². The van der Waals surface area contributed by atoms with Crippen LogP contribution in [-0.2, 0) is 11.3 Å². The topological polar surface area (TPSA) is 56.2 Å². The van der Waals surface area contributed by atoms with E-state index in [4.69, 9.17) is 4.74 Å². The fourth-order valence-electron chi connectivity index (χ4n) is 1.95. The molecule has 0 unspecified atom stereocenters. The van der Waals surface area contributed by atoms with Crippen molar-refractivity contribution in [2.45, 2.75) is 13.5 Å². The van der Waals surface area contributed by atoms with Gasteiger partial charge in [0, 0.05) is 11.9 Å². The summed E-state index contributed by atoms with van der Waals surface area (Å²) in [5, 5.41) is 8.50. The highest BCUT2D eigenvalue weighted by Gasteiger charge is 2.14. The number of nitrogens with one attached hydrogen (secondary N) is 1. The third-order valence-electron chi connectivity index (χ3n) is 2.82. The lowest BCUT2D eigenvalue weighted by molar-refractivity contribution is 0.0602. The quantitative estimate of drug-likeness (QED) is 0.641. The number of benzene rings is 1. The zero-order chi connectivity index (χ0) is 13.0. The second kappa shape index (κ2) is 5.64. The number of fused-ring (bicyclic) bond motifs is 1. The van der Waals surface area contributed by atoms with Crippen molar-refractivity contribution in [3.8, 4) is 0 Å². The molecule has 5 nitrogen and oxygen atoms in total. The van der Waals surface area contributed by atoms with Crippen LogP contribution in [0.4, 0.5) is 0 Å². The lowest BCUT2D eigenvalue weighted by Crippen LogP contribution is -2.20. The number of esters is 1. The van der Waals surface area contributed by atoms with Crippen molar-refractivity contribution in [3.05, 3.63) is 30.0 Å². The van der Waals surface area contributed by atoms with Gasteiger partial charge in [-0.15, -0.1) is 0 Å². The lowest BCUT2D eigenvalue weighted by Gasteiger charge is -2.07. The number of carbonyl (C=O) groups is 1. The smallest absolute Gasteiger partial charge is 0.340 e. The zero-order valence-electron chi connectivity index (χ0n) is 10.6. The largest absolute Gasteiger partial charge is 0.465 e. The van der Waals surface area contributed by atoms with Crippen LogP contribution in [0.2, 0.25) is 0 Å². The first-order valence-electron chi connectivity index (χ1n) is 6.01. The van der Waals surface area contributed by atoms with Gasteiger partial charge < -0.3 is 10.1 Å². The molecular weight excluding hydrogens is 230 g/mol. The predicted octanol–water partition coefficient (Wildman–Crippen LogP) is 1.43. The summed E-state index contributed by atoms with van der Waals surface area (Å²) >= 11 is 0. The van der Waals surface area contributed by atoms with Crippen molar-refractivity contribution < 1.29 is 9.53 Å². The molecule has 0 saturated carbocycles. The number of carbonyl (C=O) groups excluding carboxylic acids is 1. The Hall–Kier alpha value is -1.88. The average Bonchev–Trinajstić information content (AvgIpc) is 2.81. The van der Waals surface area contributed by atoms with Crippen LogP contribution in [0.5, 0.6) is 0 Å². The minimum Gasteiger partial charge on any atom is -0.465 e. The number of hydrogen-bond acceptors (Lipinski definition) is 4. The summed E-state index contributed by atoms with van der Waals surface area (Å²) in [6.45, 7) is 4.53. The van der Waals surface area contributed by atoms with Gasteiger partial charge in [-0.05, 0) is 12.6 Å². The monoisotopic (exact) mass is 247 g/mol. The van der Waals surface area contributed by atoms with Crippen LogP contribution in [-0.4, -0.2) is 35.9 Å². The van der Waals surface area contributed by atoms with Crippen molar-refractivity contribution >= 4 is 16.9 Å². The van der Waals surface area contributed by atoms with Gasteiger partial charge in [0.05, 0.1) is 30.9 Å². The van der Waals surface area contributed by atoms with E-state index >= 15 is 0 Å². The number of likely N-dealkylation sites (N-methyl/N-ethyl adjacent to an activating group) is 1. The molecule has 1 N–H and O–H groups in total. The molecule has 0 aliphatic rings. The molecule has 0 atom stereocenters. The summed E-state index contributed by atoms with van der Waals surface area (Å²) in [4.78, 5) is 11.7. The molecule has 1 heterocycles. The van der Waals surface area contributed by atoms with E-state index in [9.17, 15) is 4.79 Å². The van der Waals surface area contributed by atoms with Crippen LogP contribution in [0.15, 0.2) is 24.4 Å². The molecule has 0 spiro atoms. The van der Waals surface area contributed by atoms with E-state index in [1.54, 1.807) is 12.3 Å². The van der Waals surface area contributed by atoms with E-state index in [0.717, 1.165) is 30.5 Å². The number of aromatic nitrogens is 2. The fourth-order valence-corrected chi connectivity index (χ4v) is 1.95. The molecule has 0 bridgehead atoms. The van der Waals surface area contributed by atoms with E-state index in [1.165, 1.54) is 7.11 Å². The Morgan fingerprint density at radius 1 is 1.50 bits per heavy atom. The summed E-state index contributed by atoms with van der Waals surface area (Å²) in [6.07, 6.45) is 1.77. The van der Waals surface area contributed by atoms with Crippen molar-refractivity contribution in [2.24, 2.45) is 0 Å². The molecule has 0 saturated heterocycles. The molecule has 0 amide bonds. The van der Waals surface area contributed by atoms with E-state index in [1.807, 2.05) is 16.8 Å². The van der Waals surface area contributed by atoms with E-state index in [-0.39, 0.29) is 5.97 Å².